The van der Waals surface area contributed by atoms with Crippen LogP contribution in [0.5, 0.6) is 0 Å². The van der Waals surface area contributed by atoms with Crippen molar-refractivity contribution in [3.05, 3.63) is 17.8 Å². The van der Waals surface area contributed by atoms with Crippen molar-refractivity contribution in [1.82, 2.24) is 9.88 Å². The molecule has 0 amide bonds. The Hall–Kier alpha value is -1.82. The van der Waals surface area contributed by atoms with Crippen LogP contribution in [0.25, 0.3) is 0 Å². The SMILES string of the molecule is CCN(c1nc(C(=O)O)ccc1N)C(C)CN(C)C. The van der Waals surface area contributed by atoms with E-state index in [9.17, 15) is 4.79 Å². The number of nitrogen functional groups attached to an aromatic ring is 1. The summed E-state index contributed by atoms with van der Waals surface area (Å²) in [5, 5.41) is 9.01. The number of carboxylic acid groups (broad SMARTS) is 1. The fourth-order valence-corrected chi connectivity index (χ4v) is 2.11. The van der Waals surface area contributed by atoms with E-state index in [0.717, 1.165) is 13.1 Å². The molecule has 1 heterocycles. The van der Waals surface area contributed by atoms with Gasteiger partial charge in [-0.15, -0.1) is 0 Å². The molecule has 106 valence electrons. The summed E-state index contributed by atoms with van der Waals surface area (Å²) in [6.45, 7) is 5.63. The number of carboxylic acids is 1. The molecule has 0 fully saturated rings. The number of hydrogen-bond donors (Lipinski definition) is 2. The maximum atomic E-state index is 11.0. The molecule has 0 radical (unpaired) electrons. The van der Waals surface area contributed by atoms with Crippen LogP contribution in [-0.2, 0) is 0 Å². The molecule has 1 unspecified atom stereocenters. The highest BCUT2D eigenvalue weighted by molar-refractivity contribution is 5.87. The van der Waals surface area contributed by atoms with Crippen LogP contribution < -0.4 is 10.6 Å². The monoisotopic (exact) mass is 266 g/mol. The van der Waals surface area contributed by atoms with Gasteiger partial charge < -0.3 is 20.6 Å². The minimum Gasteiger partial charge on any atom is -0.477 e. The summed E-state index contributed by atoms with van der Waals surface area (Å²) < 4.78 is 0. The lowest BCUT2D eigenvalue weighted by Crippen LogP contribution is -2.41. The summed E-state index contributed by atoms with van der Waals surface area (Å²) in [6.07, 6.45) is 0. The Morgan fingerprint density at radius 2 is 2.11 bits per heavy atom. The van der Waals surface area contributed by atoms with Crippen LogP contribution in [0.4, 0.5) is 11.5 Å². The zero-order valence-corrected chi connectivity index (χ0v) is 11.9. The van der Waals surface area contributed by atoms with E-state index in [1.165, 1.54) is 6.07 Å². The zero-order chi connectivity index (χ0) is 14.6. The number of aromatic nitrogens is 1. The van der Waals surface area contributed by atoms with Crippen LogP contribution >= 0.6 is 0 Å². The molecule has 0 spiro atoms. The van der Waals surface area contributed by atoms with E-state index in [-0.39, 0.29) is 11.7 Å². The average Bonchev–Trinajstić information content (AvgIpc) is 2.31. The number of pyridine rings is 1. The molecule has 19 heavy (non-hydrogen) atoms. The second kappa shape index (κ2) is 6.38. The molecular formula is C13H22N4O2. The van der Waals surface area contributed by atoms with Gasteiger partial charge in [0.15, 0.2) is 11.5 Å². The van der Waals surface area contributed by atoms with Crippen molar-refractivity contribution in [2.45, 2.75) is 19.9 Å². The highest BCUT2D eigenvalue weighted by Crippen LogP contribution is 2.23. The molecule has 1 aromatic rings. The Bertz CT molecular complexity index is 448. The van der Waals surface area contributed by atoms with Crippen molar-refractivity contribution in [3.63, 3.8) is 0 Å². The smallest absolute Gasteiger partial charge is 0.354 e. The zero-order valence-electron chi connectivity index (χ0n) is 11.9. The first-order valence-electron chi connectivity index (χ1n) is 6.28. The van der Waals surface area contributed by atoms with Gasteiger partial charge in [0.25, 0.3) is 0 Å². The third-order valence-electron chi connectivity index (χ3n) is 2.90. The van der Waals surface area contributed by atoms with Crippen LogP contribution in [0.1, 0.15) is 24.3 Å². The summed E-state index contributed by atoms with van der Waals surface area (Å²) in [4.78, 5) is 19.2. The Morgan fingerprint density at radius 1 is 1.47 bits per heavy atom. The normalized spacial score (nSPS) is 12.5. The molecule has 6 heteroatoms. The van der Waals surface area contributed by atoms with Gasteiger partial charge in [-0.1, -0.05) is 0 Å². The lowest BCUT2D eigenvalue weighted by Gasteiger charge is -2.32. The molecule has 0 aromatic carbocycles. The number of hydrogen-bond acceptors (Lipinski definition) is 5. The summed E-state index contributed by atoms with van der Waals surface area (Å²) in [6, 6.07) is 3.21. The molecule has 1 rings (SSSR count). The molecular weight excluding hydrogens is 244 g/mol. The third kappa shape index (κ3) is 3.82. The molecule has 1 atom stereocenters. The summed E-state index contributed by atoms with van der Waals surface area (Å²) in [7, 11) is 3.99. The Morgan fingerprint density at radius 3 is 2.58 bits per heavy atom. The highest BCUT2D eigenvalue weighted by Gasteiger charge is 2.19. The maximum absolute atomic E-state index is 11.0. The fraction of sp³-hybridized carbons (Fsp3) is 0.538. The fourth-order valence-electron chi connectivity index (χ4n) is 2.11. The summed E-state index contributed by atoms with van der Waals surface area (Å²) in [5.74, 6) is -0.505. The van der Waals surface area contributed by atoms with Crippen molar-refractivity contribution in [3.8, 4) is 0 Å². The number of nitrogens with two attached hydrogens (primary N) is 1. The molecule has 0 aliphatic rings. The minimum absolute atomic E-state index is 0.0136. The number of aromatic carboxylic acids is 1. The summed E-state index contributed by atoms with van der Waals surface area (Å²) in [5.41, 5.74) is 6.44. The minimum atomic E-state index is -1.04. The van der Waals surface area contributed by atoms with Gasteiger partial charge in [0.05, 0.1) is 5.69 Å². The Kier molecular flexibility index (Phi) is 5.11. The molecule has 0 bridgehead atoms. The molecule has 0 aliphatic carbocycles. The average molecular weight is 266 g/mol. The lowest BCUT2D eigenvalue weighted by molar-refractivity contribution is 0.0690. The van der Waals surface area contributed by atoms with E-state index < -0.39 is 5.97 Å². The van der Waals surface area contributed by atoms with Gasteiger partial charge in [0.1, 0.15) is 0 Å². The van der Waals surface area contributed by atoms with E-state index in [2.05, 4.69) is 16.8 Å². The molecule has 0 aliphatic heterocycles. The standard InChI is InChI=1S/C13H22N4O2/c1-5-17(9(2)8-16(3)4)12-10(14)6-7-11(15-12)13(18)19/h6-7,9H,5,8,14H2,1-4H3,(H,18,19). The van der Waals surface area contributed by atoms with Gasteiger partial charge in [0.2, 0.25) is 0 Å². The number of carbonyl (C=O) groups is 1. The van der Waals surface area contributed by atoms with E-state index in [0.29, 0.717) is 11.5 Å². The van der Waals surface area contributed by atoms with Gasteiger partial charge in [-0.3, -0.25) is 0 Å². The van der Waals surface area contributed by atoms with Crippen molar-refractivity contribution in [2.24, 2.45) is 0 Å². The van der Waals surface area contributed by atoms with Gasteiger partial charge in [0, 0.05) is 19.1 Å². The summed E-state index contributed by atoms with van der Waals surface area (Å²) >= 11 is 0. The van der Waals surface area contributed by atoms with Gasteiger partial charge >= 0.3 is 5.97 Å². The molecule has 3 N–H and O–H groups in total. The van der Waals surface area contributed by atoms with Gasteiger partial charge in [-0.25, -0.2) is 9.78 Å². The molecule has 1 aromatic heterocycles. The second-order valence-electron chi connectivity index (χ2n) is 4.81. The Balaban J connectivity index is 3.09. The van der Waals surface area contributed by atoms with Crippen LogP contribution in [0.15, 0.2) is 12.1 Å². The van der Waals surface area contributed by atoms with E-state index in [4.69, 9.17) is 10.8 Å². The number of anilines is 2. The lowest BCUT2D eigenvalue weighted by atomic mass is 10.2. The highest BCUT2D eigenvalue weighted by atomic mass is 16.4. The first kappa shape index (κ1) is 15.2. The predicted octanol–water partition coefficient (Wildman–Crippen LogP) is 1.14. The number of rotatable bonds is 6. The van der Waals surface area contributed by atoms with Crippen molar-refractivity contribution < 1.29 is 9.90 Å². The van der Waals surface area contributed by atoms with Crippen LogP contribution in [0, 0.1) is 0 Å². The van der Waals surface area contributed by atoms with Crippen molar-refractivity contribution in [1.29, 1.82) is 0 Å². The topological polar surface area (TPSA) is 82.7 Å². The molecule has 0 saturated carbocycles. The van der Waals surface area contributed by atoms with Crippen molar-refractivity contribution in [2.75, 3.05) is 37.8 Å². The maximum Gasteiger partial charge on any atom is 0.354 e. The van der Waals surface area contributed by atoms with E-state index >= 15 is 0 Å². The van der Waals surface area contributed by atoms with Gasteiger partial charge in [-0.2, -0.15) is 0 Å². The predicted molar refractivity (Wildman–Crippen MR) is 76.6 cm³/mol. The van der Waals surface area contributed by atoms with E-state index in [1.807, 2.05) is 25.9 Å². The largest absolute Gasteiger partial charge is 0.477 e. The third-order valence-corrected chi connectivity index (χ3v) is 2.90. The number of likely N-dealkylation sites (N-methyl/N-ethyl adjacent to an activating group) is 2. The van der Waals surface area contributed by atoms with Crippen LogP contribution in [-0.4, -0.2) is 54.2 Å². The molecule has 6 nitrogen and oxygen atoms in total. The van der Waals surface area contributed by atoms with Crippen LogP contribution in [0.3, 0.4) is 0 Å². The first-order chi connectivity index (χ1) is 8.86. The number of nitrogens with zero attached hydrogens (tertiary/aromatic N) is 3. The van der Waals surface area contributed by atoms with E-state index in [1.54, 1.807) is 6.07 Å². The van der Waals surface area contributed by atoms with Gasteiger partial charge in [-0.05, 0) is 40.1 Å². The van der Waals surface area contributed by atoms with Crippen molar-refractivity contribution >= 4 is 17.5 Å². The Labute approximate surface area is 113 Å². The first-order valence-corrected chi connectivity index (χ1v) is 6.28. The quantitative estimate of drug-likeness (QED) is 0.803. The van der Waals surface area contributed by atoms with Crippen LogP contribution in [0.2, 0.25) is 0 Å². The second-order valence-corrected chi connectivity index (χ2v) is 4.81. The molecule has 0 saturated heterocycles.